The average molecular weight is 392 g/mol. The van der Waals surface area contributed by atoms with Crippen molar-refractivity contribution in [1.82, 2.24) is 9.55 Å². The quantitative estimate of drug-likeness (QED) is 0.700. The van der Waals surface area contributed by atoms with Crippen molar-refractivity contribution in [2.24, 2.45) is 0 Å². The second-order valence-corrected chi connectivity index (χ2v) is 6.94. The Hall–Kier alpha value is -3.53. The molecule has 0 spiro atoms. The molecule has 0 saturated heterocycles. The van der Waals surface area contributed by atoms with Crippen molar-refractivity contribution < 1.29 is 8.78 Å². The van der Waals surface area contributed by atoms with E-state index in [-0.39, 0.29) is 22.8 Å². The third kappa shape index (κ3) is 3.49. The van der Waals surface area contributed by atoms with Crippen molar-refractivity contribution in [1.29, 1.82) is 5.26 Å². The van der Waals surface area contributed by atoms with E-state index in [9.17, 15) is 13.6 Å². The first-order valence-corrected chi connectivity index (χ1v) is 9.40. The highest BCUT2D eigenvalue weighted by Gasteiger charge is 2.24. The summed E-state index contributed by atoms with van der Waals surface area (Å²) in [6.07, 6.45) is 2.28. The molecule has 0 bridgehead atoms. The fourth-order valence-electron chi connectivity index (χ4n) is 3.28. The lowest BCUT2D eigenvalue weighted by molar-refractivity contribution is 0.595. The molecule has 0 atom stereocenters. The summed E-state index contributed by atoms with van der Waals surface area (Å²) in [5.41, 5.74) is 0.878. The summed E-state index contributed by atoms with van der Waals surface area (Å²) in [6.45, 7) is 2.12. The summed E-state index contributed by atoms with van der Waals surface area (Å²) < 4.78 is 30.0. The van der Waals surface area contributed by atoms with E-state index >= 15 is 0 Å². The predicted octanol–water partition coefficient (Wildman–Crippen LogP) is 4.36. The first-order valence-electron chi connectivity index (χ1n) is 9.40. The molecule has 5 nitrogen and oxygen atoms in total. The van der Waals surface area contributed by atoms with Crippen LogP contribution in [-0.2, 0) is 0 Å². The lowest BCUT2D eigenvalue weighted by Crippen LogP contribution is -2.26. The predicted molar refractivity (Wildman–Crippen MR) is 106 cm³/mol. The number of nitriles is 1. The summed E-state index contributed by atoms with van der Waals surface area (Å²) in [7, 11) is 0. The van der Waals surface area contributed by atoms with Gasteiger partial charge in [0.05, 0.1) is 11.3 Å². The van der Waals surface area contributed by atoms with Crippen LogP contribution in [0.1, 0.15) is 36.8 Å². The van der Waals surface area contributed by atoms with E-state index in [1.165, 1.54) is 17.7 Å². The van der Waals surface area contributed by atoms with E-state index in [1.807, 2.05) is 12.1 Å². The molecule has 1 aliphatic carbocycles. The number of anilines is 1. The lowest BCUT2D eigenvalue weighted by atomic mass is 10.1. The Morgan fingerprint density at radius 3 is 2.52 bits per heavy atom. The van der Waals surface area contributed by atoms with Gasteiger partial charge in [-0.3, -0.25) is 9.36 Å². The minimum Gasteiger partial charge on any atom is -0.368 e. The van der Waals surface area contributed by atoms with Crippen LogP contribution in [0.25, 0.3) is 17.1 Å². The van der Waals surface area contributed by atoms with Gasteiger partial charge in [0, 0.05) is 12.1 Å². The second kappa shape index (κ2) is 7.47. The molecule has 0 aliphatic heterocycles. The van der Waals surface area contributed by atoms with Crippen molar-refractivity contribution in [3.63, 3.8) is 0 Å². The van der Waals surface area contributed by atoms with Crippen LogP contribution in [0, 0.1) is 23.0 Å². The van der Waals surface area contributed by atoms with E-state index in [0.717, 1.165) is 23.5 Å². The Balaban J connectivity index is 1.93. The molecule has 1 heterocycles. The van der Waals surface area contributed by atoms with Gasteiger partial charge in [-0.15, -0.1) is 0 Å². The standard InChI is InChI=1S/C22H18F2N4O/c1-2-26-20-19(24)22(29)28(17-9-7-14(8-10-17)13-3-4-13)21(27-20)15-5-6-16(12-25)18(23)11-15/h5-11,13,26H,2-4H2,1H3. The van der Waals surface area contributed by atoms with Crippen molar-refractivity contribution in [3.8, 4) is 23.1 Å². The van der Waals surface area contributed by atoms with Crippen molar-refractivity contribution in [2.45, 2.75) is 25.7 Å². The highest BCUT2D eigenvalue weighted by molar-refractivity contribution is 5.62. The molecule has 0 amide bonds. The molecule has 1 aliphatic rings. The second-order valence-electron chi connectivity index (χ2n) is 6.94. The molecule has 29 heavy (non-hydrogen) atoms. The number of nitrogens with one attached hydrogen (secondary N) is 1. The first-order chi connectivity index (χ1) is 14.0. The maximum Gasteiger partial charge on any atom is 0.296 e. The van der Waals surface area contributed by atoms with Crippen LogP contribution < -0.4 is 10.9 Å². The van der Waals surface area contributed by atoms with Gasteiger partial charge in [0.25, 0.3) is 5.56 Å². The minimum atomic E-state index is -1.00. The number of nitrogens with zero attached hydrogens (tertiary/aromatic N) is 3. The first kappa shape index (κ1) is 18.8. The van der Waals surface area contributed by atoms with Gasteiger partial charge >= 0.3 is 0 Å². The van der Waals surface area contributed by atoms with Gasteiger partial charge in [-0.05, 0) is 61.6 Å². The topological polar surface area (TPSA) is 70.7 Å². The van der Waals surface area contributed by atoms with Gasteiger partial charge in [-0.25, -0.2) is 9.37 Å². The van der Waals surface area contributed by atoms with Crippen LogP contribution in [0.2, 0.25) is 0 Å². The molecule has 4 rings (SSSR count). The van der Waals surface area contributed by atoms with Gasteiger partial charge in [0.2, 0.25) is 5.82 Å². The summed E-state index contributed by atoms with van der Waals surface area (Å²) in [4.78, 5) is 17.1. The summed E-state index contributed by atoms with van der Waals surface area (Å²) in [6, 6.07) is 13.0. The van der Waals surface area contributed by atoms with Gasteiger partial charge in [0.15, 0.2) is 5.82 Å². The molecule has 146 valence electrons. The van der Waals surface area contributed by atoms with Crippen LogP contribution in [0.4, 0.5) is 14.6 Å². The minimum absolute atomic E-state index is 0.0925. The smallest absolute Gasteiger partial charge is 0.296 e. The van der Waals surface area contributed by atoms with E-state index in [4.69, 9.17) is 5.26 Å². The van der Waals surface area contributed by atoms with Gasteiger partial charge in [0.1, 0.15) is 17.7 Å². The zero-order valence-corrected chi connectivity index (χ0v) is 15.7. The average Bonchev–Trinajstić information content (AvgIpc) is 3.57. The van der Waals surface area contributed by atoms with Gasteiger partial charge in [-0.1, -0.05) is 12.1 Å². The molecule has 1 N–H and O–H groups in total. The zero-order chi connectivity index (χ0) is 20.5. The van der Waals surface area contributed by atoms with Gasteiger partial charge < -0.3 is 5.32 Å². The fourth-order valence-corrected chi connectivity index (χ4v) is 3.28. The summed E-state index contributed by atoms with van der Waals surface area (Å²) >= 11 is 0. The molecular weight excluding hydrogens is 374 g/mol. The van der Waals surface area contributed by atoms with Gasteiger partial charge in [-0.2, -0.15) is 9.65 Å². The Bertz CT molecular complexity index is 1180. The van der Waals surface area contributed by atoms with Crippen LogP contribution in [-0.4, -0.2) is 16.1 Å². The SMILES string of the molecule is CCNc1nc(-c2ccc(C#N)c(F)c2)n(-c2ccc(C3CC3)cc2)c(=O)c1F. The Labute approximate surface area is 166 Å². The zero-order valence-electron chi connectivity index (χ0n) is 15.7. The van der Waals surface area contributed by atoms with Crippen molar-refractivity contribution >= 4 is 5.82 Å². The summed E-state index contributed by atoms with van der Waals surface area (Å²) in [5.74, 6) is -1.29. The van der Waals surface area contributed by atoms with Crippen LogP contribution >= 0.6 is 0 Å². The Kier molecular flexibility index (Phi) is 4.85. The molecule has 7 heteroatoms. The maximum atomic E-state index is 14.7. The third-order valence-corrected chi connectivity index (χ3v) is 4.92. The number of halogens is 2. The molecule has 1 aromatic heterocycles. The molecule has 0 radical (unpaired) electrons. The lowest BCUT2D eigenvalue weighted by Gasteiger charge is -2.16. The fraction of sp³-hybridized carbons (Fsp3) is 0.227. The molecule has 1 fully saturated rings. The number of benzene rings is 2. The largest absolute Gasteiger partial charge is 0.368 e. The Morgan fingerprint density at radius 2 is 1.93 bits per heavy atom. The summed E-state index contributed by atoms with van der Waals surface area (Å²) in [5, 5.41) is 11.7. The maximum absolute atomic E-state index is 14.7. The highest BCUT2D eigenvalue weighted by atomic mass is 19.1. The molecule has 0 unspecified atom stereocenters. The van der Waals surface area contributed by atoms with Crippen molar-refractivity contribution in [2.75, 3.05) is 11.9 Å². The third-order valence-electron chi connectivity index (χ3n) is 4.92. The number of aromatic nitrogens is 2. The van der Waals surface area contributed by atoms with E-state index < -0.39 is 17.2 Å². The van der Waals surface area contributed by atoms with Crippen LogP contribution in [0.5, 0.6) is 0 Å². The van der Waals surface area contributed by atoms with E-state index in [2.05, 4.69) is 10.3 Å². The molecule has 2 aromatic carbocycles. The molecule has 1 saturated carbocycles. The van der Waals surface area contributed by atoms with Crippen molar-refractivity contribution in [3.05, 3.63) is 75.6 Å². The van der Waals surface area contributed by atoms with Crippen LogP contribution in [0.15, 0.2) is 47.3 Å². The van der Waals surface area contributed by atoms with E-state index in [1.54, 1.807) is 25.1 Å². The number of hydrogen-bond acceptors (Lipinski definition) is 4. The number of hydrogen-bond donors (Lipinski definition) is 1. The Morgan fingerprint density at radius 1 is 1.21 bits per heavy atom. The van der Waals surface area contributed by atoms with Crippen LogP contribution in [0.3, 0.4) is 0 Å². The van der Waals surface area contributed by atoms with E-state index in [0.29, 0.717) is 18.2 Å². The highest BCUT2D eigenvalue weighted by Crippen LogP contribution is 2.40. The normalized spacial score (nSPS) is 13.2. The monoisotopic (exact) mass is 392 g/mol. The number of rotatable bonds is 5. The molecular formula is C22H18F2N4O. The molecule has 3 aromatic rings.